The van der Waals surface area contributed by atoms with Gasteiger partial charge in [-0.15, -0.1) is 0 Å². The van der Waals surface area contributed by atoms with Gasteiger partial charge in [-0.3, -0.25) is 4.79 Å². The van der Waals surface area contributed by atoms with Gasteiger partial charge in [0.2, 0.25) is 0 Å². The average Bonchev–Trinajstić information content (AvgIpc) is 2.28. The summed E-state index contributed by atoms with van der Waals surface area (Å²) in [6.45, 7) is 4.03. The second-order valence-electron chi connectivity index (χ2n) is 5.56. The first kappa shape index (κ1) is 13.3. The number of allylic oxidation sites excluding steroid dienone is 2. The molecular formula is C14H21NO3. The van der Waals surface area contributed by atoms with Crippen LogP contribution in [0.4, 0.5) is 0 Å². The molecule has 1 fully saturated rings. The molecule has 3 N–H and O–H groups in total. The van der Waals surface area contributed by atoms with Gasteiger partial charge in [0.1, 0.15) is 5.54 Å². The molecule has 1 saturated carbocycles. The number of hydrogen-bond acceptors (Lipinski definition) is 3. The lowest BCUT2D eigenvalue weighted by Crippen LogP contribution is -2.52. The summed E-state index contributed by atoms with van der Waals surface area (Å²) in [6, 6.07) is 0. The van der Waals surface area contributed by atoms with Crippen molar-refractivity contribution in [2.24, 2.45) is 11.7 Å². The van der Waals surface area contributed by atoms with E-state index in [1.165, 1.54) is 0 Å². The molecule has 0 heterocycles. The van der Waals surface area contributed by atoms with Crippen LogP contribution < -0.4 is 5.73 Å². The van der Waals surface area contributed by atoms with Gasteiger partial charge < -0.3 is 15.6 Å². The lowest BCUT2D eigenvalue weighted by Gasteiger charge is -2.40. The van der Waals surface area contributed by atoms with Gasteiger partial charge in [-0.2, -0.15) is 0 Å². The number of carboxylic acid groups (broad SMARTS) is 1. The van der Waals surface area contributed by atoms with Gasteiger partial charge in [-0.05, 0) is 33.1 Å². The summed E-state index contributed by atoms with van der Waals surface area (Å²) in [4.78, 5) is 11.2. The Labute approximate surface area is 108 Å². The number of rotatable bonds is 3. The minimum absolute atomic E-state index is 0.0587. The molecule has 2 rings (SSSR count). The van der Waals surface area contributed by atoms with Crippen LogP contribution in [-0.4, -0.2) is 28.8 Å². The molecule has 100 valence electrons. The van der Waals surface area contributed by atoms with Crippen molar-refractivity contribution in [3.63, 3.8) is 0 Å². The van der Waals surface area contributed by atoms with Crippen molar-refractivity contribution in [1.82, 2.24) is 0 Å². The topological polar surface area (TPSA) is 72.5 Å². The highest BCUT2D eigenvalue weighted by Gasteiger charge is 2.43. The van der Waals surface area contributed by atoms with Crippen LogP contribution in [0.25, 0.3) is 0 Å². The van der Waals surface area contributed by atoms with Crippen LogP contribution in [0.2, 0.25) is 0 Å². The molecule has 0 radical (unpaired) electrons. The predicted octanol–water partition coefficient (Wildman–Crippen LogP) is 1.86. The van der Waals surface area contributed by atoms with E-state index in [4.69, 9.17) is 10.5 Å². The summed E-state index contributed by atoms with van der Waals surface area (Å²) >= 11 is 0. The summed E-state index contributed by atoms with van der Waals surface area (Å²) in [5.74, 6) is -0.619. The monoisotopic (exact) mass is 251 g/mol. The fourth-order valence-electron chi connectivity index (χ4n) is 2.80. The van der Waals surface area contributed by atoms with Crippen LogP contribution in [0.15, 0.2) is 23.8 Å². The number of hydrogen-bond donors (Lipinski definition) is 2. The zero-order valence-corrected chi connectivity index (χ0v) is 10.9. The lowest BCUT2D eigenvalue weighted by molar-refractivity contribution is -0.144. The number of carboxylic acids is 1. The fraction of sp³-hybridized carbons (Fsp3) is 0.643. The standard InChI is InChI=1S/C14H21NO3/c1-9(2)18-12-5-3-4-10-8-14(15,13(16)17)7-6-11(10)12/h3-5,9,11-12H,6-8,15H2,1-2H3,(H,16,17). The van der Waals surface area contributed by atoms with Crippen molar-refractivity contribution in [2.75, 3.05) is 0 Å². The predicted molar refractivity (Wildman–Crippen MR) is 69.1 cm³/mol. The van der Waals surface area contributed by atoms with Crippen LogP contribution in [0, 0.1) is 5.92 Å². The maximum Gasteiger partial charge on any atom is 0.324 e. The number of nitrogens with two attached hydrogens (primary N) is 1. The summed E-state index contributed by atoms with van der Waals surface area (Å²) in [6.07, 6.45) is 7.94. The second kappa shape index (κ2) is 4.86. The Morgan fingerprint density at radius 1 is 1.61 bits per heavy atom. The molecule has 0 aromatic rings. The molecule has 0 aromatic carbocycles. The molecule has 0 bridgehead atoms. The molecule has 4 heteroatoms. The molecule has 2 aliphatic rings. The SMILES string of the molecule is CC(C)OC1C=CC=C2CC(N)(C(=O)O)CCC21. The molecule has 4 nitrogen and oxygen atoms in total. The first-order valence-corrected chi connectivity index (χ1v) is 6.47. The Morgan fingerprint density at radius 3 is 2.94 bits per heavy atom. The molecule has 0 aliphatic heterocycles. The van der Waals surface area contributed by atoms with Gasteiger partial charge in [-0.25, -0.2) is 0 Å². The van der Waals surface area contributed by atoms with Gasteiger partial charge in [-0.1, -0.05) is 23.8 Å². The van der Waals surface area contributed by atoms with Gasteiger partial charge in [0.05, 0.1) is 12.2 Å². The second-order valence-corrected chi connectivity index (χ2v) is 5.56. The van der Waals surface area contributed by atoms with Crippen molar-refractivity contribution < 1.29 is 14.6 Å². The third kappa shape index (κ3) is 2.49. The van der Waals surface area contributed by atoms with Crippen molar-refractivity contribution in [3.8, 4) is 0 Å². The minimum atomic E-state index is -1.10. The maximum absolute atomic E-state index is 11.2. The van der Waals surface area contributed by atoms with Crippen LogP contribution in [-0.2, 0) is 9.53 Å². The molecular weight excluding hydrogens is 230 g/mol. The summed E-state index contributed by atoms with van der Waals surface area (Å²) in [5, 5.41) is 9.20. The molecule has 0 spiro atoms. The highest BCUT2D eigenvalue weighted by atomic mass is 16.5. The van der Waals surface area contributed by atoms with Crippen LogP contribution in [0.1, 0.15) is 33.1 Å². The van der Waals surface area contributed by atoms with Gasteiger partial charge in [0.25, 0.3) is 0 Å². The highest BCUT2D eigenvalue weighted by Crippen LogP contribution is 2.40. The molecule has 0 aromatic heterocycles. The summed E-state index contributed by atoms with van der Waals surface area (Å²) in [5.41, 5.74) is 5.96. The largest absolute Gasteiger partial charge is 0.480 e. The van der Waals surface area contributed by atoms with Crippen molar-refractivity contribution in [3.05, 3.63) is 23.8 Å². The smallest absolute Gasteiger partial charge is 0.324 e. The van der Waals surface area contributed by atoms with Crippen LogP contribution in [0.5, 0.6) is 0 Å². The first-order valence-electron chi connectivity index (χ1n) is 6.47. The molecule has 3 atom stereocenters. The van der Waals surface area contributed by atoms with E-state index in [-0.39, 0.29) is 18.1 Å². The van der Waals surface area contributed by atoms with E-state index < -0.39 is 11.5 Å². The van der Waals surface area contributed by atoms with Gasteiger partial charge in [0, 0.05) is 5.92 Å². The number of fused-ring (bicyclic) bond motifs is 1. The van der Waals surface area contributed by atoms with Crippen molar-refractivity contribution >= 4 is 5.97 Å². The van der Waals surface area contributed by atoms with E-state index in [9.17, 15) is 9.90 Å². The molecule has 18 heavy (non-hydrogen) atoms. The van der Waals surface area contributed by atoms with E-state index in [2.05, 4.69) is 6.08 Å². The normalized spacial score (nSPS) is 35.2. The van der Waals surface area contributed by atoms with E-state index in [0.717, 1.165) is 12.0 Å². The molecule has 3 unspecified atom stereocenters. The Balaban J connectivity index is 2.13. The maximum atomic E-state index is 11.2. The average molecular weight is 251 g/mol. The minimum Gasteiger partial charge on any atom is -0.480 e. The highest BCUT2D eigenvalue weighted by molar-refractivity contribution is 5.79. The van der Waals surface area contributed by atoms with E-state index in [1.54, 1.807) is 0 Å². The Kier molecular flexibility index (Phi) is 3.59. The fourth-order valence-corrected chi connectivity index (χ4v) is 2.80. The van der Waals surface area contributed by atoms with E-state index >= 15 is 0 Å². The number of carbonyl (C=O) groups is 1. The first-order chi connectivity index (χ1) is 8.42. The van der Waals surface area contributed by atoms with Crippen LogP contribution in [0.3, 0.4) is 0 Å². The number of aliphatic carboxylic acids is 1. The van der Waals surface area contributed by atoms with E-state index in [0.29, 0.717) is 12.8 Å². The van der Waals surface area contributed by atoms with E-state index in [1.807, 2.05) is 26.0 Å². The van der Waals surface area contributed by atoms with Gasteiger partial charge in [0.15, 0.2) is 0 Å². The zero-order chi connectivity index (χ0) is 13.3. The Hall–Kier alpha value is -1.13. The summed E-state index contributed by atoms with van der Waals surface area (Å²) in [7, 11) is 0. The Morgan fingerprint density at radius 2 is 2.33 bits per heavy atom. The van der Waals surface area contributed by atoms with Crippen molar-refractivity contribution in [1.29, 1.82) is 0 Å². The molecule has 2 aliphatic carbocycles. The quantitative estimate of drug-likeness (QED) is 0.803. The van der Waals surface area contributed by atoms with Crippen molar-refractivity contribution in [2.45, 2.75) is 50.9 Å². The lowest BCUT2D eigenvalue weighted by atomic mass is 9.70. The molecule has 0 amide bonds. The van der Waals surface area contributed by atoms with Gasteiger partial charge >= 0.3 is 5.97 Å². The third-order valence-corrected chi connectivity index (χ3v) is 3.76. The van der Waals surface area contributed by atoms with Crippen LogP contribution >= 0.6 is 0 Å². The zero-order valence-electron chi connectivity index (χ0n) is 10.9. The Bertz CT molecular complexity index is 400. The summed E-state index contributed by atoms with van der Waals surface area (Å²) < 4.78 is 5.87. The number of ether oxygens (including phenoxy) is 1. The third-order valence-electron chi connectivity index (χ3n) is 3.76. The molecule has 0 saturated heterocycles.